The molecule has 2 heteroatoms. The van der Waals surface area contributed by atoms with Gasteiger partial charge in [-0.3, -0.25) is 4.98 Å². The molecular weight excluding hydrogens is 186 g/mol. The van der Waals surface area contributed by atoms with Crippen LogP contribution >= 0.6 is 0 Å². The number of allylic oxidation sites excluding steroid dienone is 1. The highest BCUT2D eigenvalue weighted by atomic mass is 16.5. The van der Waals surface area contributed by atoms with Gasteiger partial charge in [0.2, 0.25) is 0 Å². The van der Waals surface area contributed by atoms with Gasteiger partial charge in [0.1, 0.15) is 0 Å². The molecule has 1 rings (SSSR count). The lowest BCUT2D eigenvalue weighted by atomic mass is 9.84. The number of hydrogen-bond donors (Lipinski definition) is 0. The molecule has 0 saturated carbocycles. The van der Waals surface area contributed by atoms with Crippen molar-refractivity contribution >= 4 is 0 Å². The van der Waals surface area contributed by atoms with Gasteiger partial charge in [-0.25, -0.2) is 0 Å². The Hall–Kier alpha value is -1.31. The lowest BCUT2D eigenvalue weighted by Gasteiger charge is -2.22. The van der Waals surface area contributed by atoms with Crippen molar-refractivity contribution in [1.82, 2.24) is 4.98 Å². The number of rotatable bonds is 3. The van der Waals surface area contributed by atoms with E-state index in [1.165, 1.54) is 11.1 Å². The molecule has 1 aromatic heterocycles. The number of pyridine rings is 1. The van der Waals surface area contributed by atoms with E-state index in [0.29, 0.717) is 0 Å². The molecule has 1 heterocycles. The van der Waals surface area contributed by atoms with Crippen molar-refractivity contribution in [3.05, 3.63) is 41.9 Å². The molecule has 0 aliphatic rings. The molecule has 0 radical (unpaired) electrons. The lowest BCUT2D eigenvalue weighted by molar-refractivity contribution is 0.285. The smallest absolute Gasteiger partial charge is 0.0927 e. The minimum absolute atomic E-state index is 0.109. The van der Waals surface area contributed by atoms with Crippen LogP contribution in [0.3, 0.4) is 0 Å². The van der Waals surface area contributed by atoms with Crippen molar-refractivity contribution < 1.29 is 4.74 Å². The standard InChI is InChI=1S/C13H19NO/c1-10(15-5)8-11-6-7-14-9-12(11)13(2,3)4/h6-7,9H,1,8H2,2-5H3. The van der Waals surface area contributed by atoms with Crippen molar-refractivity contribution in [2.75, 3.05) is 7.11 Å². The normalized spacial score (nSPS) is 11.2. The summed E-state index contributed by atoms with van der Waals surface area (Å²) in [6.07, 6.45) is 4.50. The third-order valence-electron chi connectivity index (χ3n) is 2.40. The summed E-state index contributed by atoms with van der Waals surface area (Å²) < 4.78 is 5.11. The molecule has 0 atom stereocenters. The molecule has 0 aliphatic carbocycles. The highest BCUT2D eigenvalue weighted by molar-refractivity contribution is 5.31. The van der Waals surface area contributed by atoms with Gasteiger partial charge in [-0.1, -0.05) is 27.4 Å². The van der Waals surface area contributed by atoms with Gasteiger partial charge in [0.25, 0.3) is 0 Å². The van der Waals surface area contributed by atoms with E-state index in [1.54, 1.807) is 7.11 Å². The summed E-state index contributed by atoms with van der Waals surface area (Å²) >= 11 is 0. The van der Waals surface area contributed by atoms with E-state index in [9.17, 15) is 0 Å². The number of hydrogen-bond acceptors (Lipinski definition) is 2. The molecular formula is C13H19NO. The van der Waals surface area contributed by atoms with Gasteiger partial charge in [0, 0.05) is 18.8 Å². The van der Waals surface area contributed by atoms with Gasteiger partial charge in [0.15, 0.2) is 0 Å². The molecule has 0 unspecified atom stereocenters. The van der Waals surface area contributed by atoms with E-state index >= 15 is 0 Å². The largest absolute Gasteiger partial charge is 0.501 e. The van der Waals surface area contributed by atoms with Crippen LogP contribution in [0.5, 0.6) is 0 Å². The maximum Gasteiger partial charge on any atom is 0.0927 e. The Kier molecular flexibility index (Phi) is 3.51. The van der Waals surface area contributed by atoms with Crippen LogP contribution < -0.4 is 0 Å². The van der Waals surface area contributed by atoms with Crippen LogP contribution in [0.15, 0.2) is 30.8 Å². The Morgan fingerprint density at radius 3 is 2.67 bits per heavy atom. The van der Waals surface area contributed by atoms with Gasteiger partial charge in [-0.2, -0.15) is 0 Å². The summed E-state index contributed by atoms with van der Waals surface area (Å²) in [5.74, 6) is 0.784. The van der Waals surface area contributed by atoms with Gasteiger partial charge >= 0.3 is 0 Å². The second-order valence-electron chi connectivity index (χ2n) is 4.70. The molecule has 82 valence electrons. The predicted octanol–water partition coefficient (Wildman–Crippen LogP) is 3.08. The highest BCUT2D eigenvalue weighted by Gasteiger charge is 2.18. The van der Waals surface area contributed by atoms with Crippen molar-refractivity contribution in [2.45, 2.75) is 32.6 Å². The molecule has 0 saturated heterocycles. The summed E-state index contributed by atoms with van der Waals surface area (Å²) in [4.78, 5) is 4.17. The van der Waals surface area contributed by atoms with Crippen LogP contribution in [0.4, 0.5) is 0 Å². The molecule has 0 fully saturated rings. The molecule has 0 amide bonds. The minimum Gasteiger partial charge on any atom is -0.501 e. The van der Waals surface area contributed by atoms with Crippen LogP contribution in [-0.4, -0.2) is 12.1 Å². The first kappa shape index (κ1) is 11.8. The monoisotopic (exact) mass is 205 g/mol. The van der Waals surface area contributed by atoms with E-state index in [2.05, 4.69) is 32.3 Å². The summed E-state index contributed by atoms with van der Waals surface area (Å²) in [5, 5.41) is 0. The van der Waals surface area contributed by atoms with Crippen LogP contribution in [0.25, 0.3) is 0 Å². The minimum atomic E-state index is 0.109. The lowest BCUT2D eigenvalue weighted by Crippen LogP contribution is -2.15. The Morgan fingerprint density at radius 2 is 2.13 bits per heavy atom. The zero-order valence-corrected chi connectivity index (χ0v) is 10.0. The second-order valence-corrected chi connectivity index (χ2v) is 4.70. The highest BCUT2D eigenvalue weighted by Crippen LogP contribution is 2.26. The molecule has 0 N–H and O–H groups in total. The van der Waals surface area contributed by atoms with Gasteiger partial charge in [-0.15, -0.1) is 0 Å². The maximum atomic E-state index is 5.11. The number of methoxy groups -OCH3 is 1. The molecule has 0 aromatic carbocycles. The van der Waals surface area contributed by atoms with Crippen LogP contribution in [-0.2, 0) is 16.6 Å². The Bertz CT molecular complexity index is 350. The van der Waals surface area contributed by atoms with Crippen molar-refractivity contribution in [3.8, 4) is 0 Å². The third-order valence-corrected chi connectivity index (χ3v) is 2.40. The summed E-state index contributed by atoms with van der Waals surface area (Å²) in [5.41, 5.74) is 2.60. The third kappa shape index (κ3) is 3.08. The SMILES string of the molecule is C=C(Cc1ccncc1C(C)(C)C)OC. The average Bonchev–Trinajstić information content (AvgIpc) is 2.17. The molecule has 0 spiro atoms. The number of aromatic nitrogens is 1. The van der Waals surface area contributed by atoms with Gasteiger partial charge < -0.3 is 4.74 Å². The molecule has 0 aliphatic heterocycles. The maximum absolute atomic E-state index is 5.11. The molecule has 1 aromatic rings. The van der Waals surface area contributed by atoms with E-state index in [4.69, 9.17) is 4.74 Å². The fourth-order valence-corrected chi connectivity index (χ4v) is 1.54. The van der Waals surface area contributed by atoms with Crippen LogP contribution in [0, 0.1) is 0 Å². The van der Waals surface area contributed by atoms with E-state index in [1.807, 2.05) is 18.5 Å². The number of nitrogens with zero attached hydrogens (tertiary/aromatic N) is 1. The zero-order valence-electron chi connectivity index (χ0n) is 10.0. The van der Waals surface area contributed by atoms with Gasteiger partial charge in [-0.05, 0) is 22.6 Å². The summed E-state index contributed by atoms with van der Waals surface area (Å²) in [7, 11) is 1.65. The Morgan fingerprint density at radius 1 is 1.47 bits per heavy atom. The topological polar surface area (TPSA) is 22.1 Å². The van der Waals surface area contributed by atoms with Gasteiger partial charge in [0.05, 0.1) is 12.9 Å². The fraction of sp³-hybridized carbons (Fsp3) is 0.462. The Labute approximate surface area is 92.0 Å². The van der Waals surface area contributed by atoms with E-state index < -0.39 is 0 Å². The van der Waals surface area contributed by atoms with E-state index in [0.717, 1.165) is 12.2 Å². The Balaban J connectivity index is 3.02. The first-order chi connectivity index (χ1) is 6.95. The second kappa shape index (κ2) is 4.47. The van der Waals surface area contributed by atoms with Crippen molar-refractivity contribution in [2.24, 2.45) is 0 Å². The zero-order chi connectivity index (χ0) is 11.5. The first-order valence-electron chi connectivity index (χ1n) is 5.10. The van der Waals surface area contributed by atoms with Crippen LogP contribution in [0.2, 0.25) is 0 Å². The van der Waals surface area contributed by atoms with Crippen molar-refractivity contribution in [1.29, 1.82) is 0 Å². The molecule has 15 heavy (non-hydrogen) atoms. The fourth-order valence-electron chi connectivity index (χ4n) is 1.54. The first-order valence-corrected chi connectivity index (χ1v) is 5.10. The van der Waals surface area contributed by atoms with E-state index in [-0.39, 0.29) is 5.41 Å². The average molecular weight is 205 g/mol. The van der Waals surface area contributed by atoms with Crippen LogP contribution in [0.1, 0.15) is 31.9 Å². The molecule has 2 nitrogen and oxygen atoms in total. The molecule has 0 bridgehead atoms. The van der Waals surface area contributed by atoms with Crippen molar-refractivity contribution in [3.63, 3.8) is 0 Å². The number of ether oxygens (including phenoxy) is 1. The quantitative estimate of drug-likeness (QED) is 0.707. The predicted molar refractivity (Wildman–Crippen MR) is 62.8 cm³/mol. The summed E-state index contributed by atoms with van der Waals surface area (Å²) in [6, 6.07) is 2.03. The summed E-state index contributed by atoms with van der Waals surface area (Å²) in [6.45, 7) is 10.4.